The first kappa shape index (κ1) is 18.5. The number of carbonyl (C=O) groups is 2. The lowest BCUT2D eigenvalue weighted by molar-refractivity contribution is -0.120. The average molecular weight is 374 g/mol. The van der Waals surface area contributed by atoms with Gasteiger partial charge in [0, 0.05) is 13.1 Å². The van der Waals surface area contributed by atoms with E-state index in [1.54, 1.807) is 0 Å². The number of hydrogen-bond donors (Lipinski definition) is 0. The third-order valence-electron chi connectivity index (χ3n) is 5.66. The van der Waals surface area contributed by atoms with Crippen LogP contribution in [0.1, 0.15) is 31.4 Å². The quantitative estimate of drug-likeness (QED) is 0.754. The number of likely N-dealkylation sites (tertiary alicyclic amines) is 1. The van der Waals surface area contributed by atoms with Gasteiger partial charge in [-0.1, -0.05) is 62.4 Å². The Bertz CT molecular complexity index is 938. The molecule has 1 saturated heterocycles. The number of para-hydroxylation sites is 1. The van der Waals surface area contributed by atoms with Crippen LogP contribution in [0.4, 0.5) is 5.69 Å². The standard InChI is InChI=1S/C24H26N2O2/c1-16-13-17(2)15-25(14-16)22-21(19-10-5-4-6-11-19)23(27)26(24(22)28)20-12-8-7-9-18(20)3/h4-12,16-17H,13-15H2,1-3H3. The summed E-state index contributed by atoms with van der Waals surface area (Å²) in [6.07, 6.45) is 1.15. The van der Waals surface area contributed by atoms with Gasteiger partial charge >= 0.3 is 0 Å². The summed E-state index contributed by atoms with van der Waals surface area (Å²) in [5.41, 5.74) is 3.46. The van der Waals surface area contributed by atoms with Crippen LogP contribution in [0, 0.1) is 18.8 Å². The van der Waals surface area contributed by atoms with E-state index in [0.29, 0.717) is 28.8 Å². The highest BCUT2D eigenvalue weighted by Gasteiger charge is 2.43. The van der Waals surface area contributed by atoms with Gasteiger partial charge in [0.05, 0.1) is 11.3 Å². The number of carbonyl (C=O) groups excluding carboxylic acids is 2. The van der Waals surface area contributed by atoms with Gasteiger partial charge < -0.3 is 4.90 Å². The van der Waals surface area contributed by atoms with Crippen molar-refractivity contribution in [1.29, 1.82) is 0 Å². The highest BCUT2D eigenvalue weighted by molar-refractivity contribution is 6.45. The van der Waals surface area contributed by atoms with Crippen LogP contribution < -0.4 is 4.90 Å². The van der Waals surface area contributed by atoms with E-state index in [9.17, 15) is 9.59 Å². The Hall–Kier alpha value is -2.88. The third kappa shape index (κ3) is 3.13. The van der Waals surface area contributed by atoms with E-state index in [0.717, 1.165) is 30.6 Å². The summed E-state index contributed by atoms with van der Waals surface area (Å²) in [5, 5.41) is 0. The highest BCUT2D eigenvalue weighted by atomic mass is 16.2. The number of imide groups is 1. The smallest absolute Gasteiger partial charge is 0.282 e. The number of rotatable bonds is 3. The van der Waals surface area contributed by atoms with Crippen molar-refractivity contribution >= 4 is 23.1 Å². The van der Waals surface area contributed by atoms with Gasteiger partial charge in [0.25, 0.3) is 11.8 Å². The largest absolute Gasteiger partial charge is 0.366 e. The molecular weight excluding hydrogens is 348 g/mol. The fourth-order valence-electron chi connectivity index (χ4n) is 4.56. The van der Waals surface area contributed by atoms with Gasteiger partial charge in [-0.25, -0.2) is 4.90 Å². The zero-order valence-corrected chi connectivity index (χ0v) is 16.7. The monoisotopic (exact) mass is 374 g/mol. The molecule has 0 aliphatic carbocycles. The molecule has 0 spiro atoms. The summed E-state index contributed by atoms with van der Waals surface area (Å²) in [4.78, 5) is 30.6. The molecule has 144 valence electrons. The molecule has 4 nitrogen and oxygen atoms in total. The lowest BCUT2D eigenvalue weighted by Crippen LogP contribution is -2.42. The number of amides is 2. The normalized spacial score (nSPS) is 23.0. The SMILES string of the molecule is Cc1ccccc1N1C(=O)C(c2ccccc2)=C(N2CC(C)CC(C)C2)C1=O. The second-order valence-corrected chi connectivity index (χ2v) is 8.17. The Morgan fingerprint density at radius 3 is 2.07 bits per heavy atom. The predicted octanol–water partition coefficient (Wildman–Crippen LogP) is 4.26. The summed E-state index contributed by atoms with van der Waals surface area (Å²) in [7, 11) is 0. The van der Waals surface area contributed by atoms with Crippen LogP contribution in [-0.4, -0.2) is 29.8 Å². The molecule has 28 heavy (non-hydrogen) atoms. The minimum absolute atomic E-state index is 0.209. The van der Waals surface area contributed by atoms with E-state index in [4.69, 9.17) is 0 Å². The first-order valence-electron chi connectivity index (χ1n) is 9.96. The Morgan fingerprint density at radius 2 is 1.43 bits per heavy atom. The molecule has 0 radical (unpaired) electrons. The lowest BCUT2D eigenvalue weighted by atomic mass is 9.91. The molecule has 2 heterocycles. The minimum atomic E-state index is -0.230. The molecule has 0 aromatic heterocycles. The number of aryl methyl sites for hydroxylation is 1. The molecule has 2 amide bonds. The van der Waals surface area contributed by atoms with E-state index in [1.807, 2.05) is 61.5 Å². The molecular formula is C24H26N2O2. The van der Waals surface area contributed by atoms with Gasteiger partial charge in [0.15, 0.2) is 0 Å². The van der Waals surface area contributed by atoms with Crippen LogP contribution in [0.15, 0.2) is 60.3 Å². The van der Waals surface area contributed by atoms with Crippen molar-refractivity contribution in [1.82, 2.24) is 4.90 Å². The van der Waals surface area contributed by atoms with E-state index in [1.165, 1.54) is 4.90 Å². The molecule has 0 saturated carbocycles. The third-order valence-corrected chi connectivity index (χ3v) is 5.66. The topological polar surface area (TPSA) is 40.6 Å². The van der Waals surface area contributed by atoms with Crippen molar-refractivity contribution in [3.8, 4) is 0 Å². The van der Waals surface area contributed by atoms with E-state index < -0.39 is 0 Å². The van der Waals surface area contributed by atoms with Crippen molar-refractivity contribution in [2.24, 2.45) is 11.8 Å². The van der Waals surface area contributed by atoms with Crippen molar-refractivity contribution in [3.05, 3.63) is 71.4 Å². The summed E-state index contributed by atoms with van der Waals surface area (Å²) >= 11 is 0. The first-order valence-corrected chi connectivity index (χ1v) is 9.96. The molecule has 2 aromatic rings. The van der Waals surface area contributed by atoms with Crippen molar-refractivity contribution in [2.45, 2.75) is 27.2 Å². The van der Waals surface area contributed by atoms with Gasteiger partial charge in [-0.15, -0.1) is 0 Å². The fraction of sp³-hybridized carbons (Fsp3) is 0.333. The van der Waals surface area contributed by atoms with Crippen molar-refractivity contribution < 1.29 is 9.59 Å². The molecule has 2 unspecified atom stereocenters. The van der Waals surface area contributed by atoms with Gasteiger partial charge in [0.2, 0.25) is 0 Å². The molecule has 0 bridgehead atoms. The Kier molecular flexibility index (Phi) is 4.80. The molecule has 1 fully saturated rings. The maximum Gasteiger partial charge on any atom is 0.282 e. The van der Waals surface area contributed by atoms with Crippen LogP contribution >= 0.6 is 0 Å². The van der Waals surface area contributed by atoms with Gasteiger partial charge in [-0.3, -0.25) is 9.59 Å². The van der Waals surface area contributed by atoms with E-state index in [2.05, 4.69) is 18.7 Å². The summed E-state index contributed by atoms with van der Waals surface area (Å²) in [6, 6.07) is 17.1. The molecule has 4 heteroatoms. The molecule has 2 aromatic carbocycles. The number of anilines is 1. The van der Waals surface area contributed by atoms with Gasteiger partial charge in [0.1, 0.15) is 5.70 Å². The highest BCUT2D eigenvalue weighted by Crippen LogP contribution is 2.37. The van der Waals surface area contributed by atoms with Crippen LogP contribution in [0.25, 0.3) is 5.57 Å². The number of benzene rings is 2. The Balaban J connectivity index is 1.85. The zero-order chi connectivity index (χ0) is 19.8. The Morgan fingerprint density at radius 1 is 0.821 bits per heavy atom. The summed E-state index contributed by atoms with van der Waals surface area (Å²) < 4.78 is 0. The van der Waals surface area contributed by atoms with Gasteiger partial charge in [-0.05, 0) is 42.4 Å². The van der Waals surface area contributed by atoms with E-state index in [-0.39, 0.29) is 11.8 Å². The van der Waals surface area contributed by atoms with Crippen molar-refractivity contribution in [3.63, 3.8) is 0 Å². The number of piperidine rings is 1. The second-order valence-electron chi connectivity index (χ2n) is 8.17. The van der Waals surface area contributed by atoms with Crippen LogP contribution in [0.2, 0.25) is 0 Å². The molecule has 2 aliphatic rings. The lowest BCUT2D eigenvalue weighted by Gasteiger charge is -2.37. The zero-order valence-electron chi connectivity index (χ0n) is 16.7. The van der Waals surface area contributed by atoms with Crippen LogP contribution in [-0.2, 0) is 9.59 Å². The average Bonchev–Trinajstić information content (AvgIpc) is 2.93. The maximum atomic E-state index is 13.6. The van der Waals surface area contributed by atoms with Crippen LogP contribution in [0.5, 0.6) is 0 Å². The maximum absolute atomic E-state index is 13.6. The predicted molar refractivity (Wildman–Crippen MR) is 112 cm³/mol. The summed E-state index contributed by atoms with van der Waals surface area (Å²) in [5.74, 6) is 0.540. The van der Waals surface area contributed by atoms with Crippen LogP contribution in [0.3, 0.4) is 0 Å². The second kappa shape index (κ2) is 7.27. The first-order chi connectivity index (χ1) is 13.5. The number of nitrogens with zero attached hydrogens (tertiary/aromatic N) is 2. The molecule has 0 N–H and O–H groups in total. The summed E-state index contributed by atoms with van der Waals surface area (Å²) in [6.45, 7) is 7.96. The number of hydrogen-bond acceptors (Lipinski definition) is 3. The van der Waals surface area contributed by atoms with Gasteiger partial charge in [-0.2, -0.15) is 0 Å². The molecule has 2 atom stereocenters. The fourth-order valence-corrected chi connectivity index (χ4v) is 4.56. The van der Waals surface area contributed by atoms with Crippen molar-refractivity contribution in [2.75, 3.05) is 18.0 Å². The molecule has 2 aliphatic heterocycles. The Labute approximate surface area is 166 Å². The molecule has 4 rings (SSSR count). The minimum Gasteiger partial charge on any atom is -0.366 e. The van der Waals surface area contributed by atoms with E-state index >= 15 is 0 Å².